The normalized spacial score (nSPS) is 11.5. The largest absolute Gasteiger partial charge is 0.497 e. The summed E-state index contributed by atoms with van der Waals surface area (Å²) in [4.78, 5) is 24.1. The zero-order chi connectivity index (χ0) is 20.7. The number of hydrogen-bond donors (Lipinski definition) is 1. The van der Waals surface area contributed by atoms with Gasteiger partial charge in [0.2, 0.25) is 0 Å². The van der Waals surface area contributed by atoms with Crippen molar-refractivity contribution in [3.05, 3.63) is 53.6 Å². The van der Waals surface area contributed by atoms with Gasteiger partial charge in [0, 0.05) is 24.2 Å². The van der Waals surface area contributed by atoms with Crippen molar-refractivity contribution in [2.75, 3.05) is 19.5 Å². The molecule has 0 fully saturated rings. The van der Waals surface area contributed by atoms with E-state index in [0.717, 1.165) is 17.7 Å². The molecule has 0 saturated heterocycles. The van der Waals surface area contributed by atoms with Crippen LogP contribution < -0.4 is 14.8 Å². The molecule has 0 saturated carbocycles. The first-order valence-electron chi connectivity index (χ1n) is 8.49. The van der Waals surface area contributed by atoms with E-state index >= 15 is 0 Å². The Bertz CT molecular complexity index is 834. The second kappa shape index (κ2) is 9.68. The fourth-order valence-corrected chi connectivity index (χ4v) is 2.38. The highest BCUT2D eigenvalue weighted by atomic mass is 19.2. The topological polar surface area (TPSA) is 73.9 Å². The summed E-state index contributed by atoms with van der Waals surface area (Å²) in [6.07, 6.45) is -0.691. The summed E-state index contributed by atoms with van der Waals surface area (Å²) in [6, 6.07) is 8.21. The highest BCUT2D eigenvalue weighted by Gasteiger charge is 2.18. The number of carbonyl (C=O) groups excluding carboxylic acids is 2. The molecule has 2 rings (SSSR count). The summed E-state index contributed by atoms with van der Waals surface area (Å²) in [7, 11) is 3.06. The second-order valence-electron chi connectivity index (χ2n) is 5.97. The fraction of sp³-hybridized carbons (Fsp3) is 0.300. The number of ether oxygens (including phenoxy) is 3. The number of aryl methyl sites for hydroxylation is 1. The zero-order valence-electron chi connectivity index (χ0n) is 15.8. The van der Waals surface area contributed by atoms with Gasteiger partial charge in [0.25, 0.3) is 5.91 Å². The predicted molar refractivity (Wildman–Crippen MR) is 98.4 cm³/mol. The Morgan fingerprint density at radius 2 is 1.64 bits per heavy atom. The van der Waals surface area contributed by atoms with E-state index in [0.29, 0.717) is 17.9 Å². The Balaban J connectivity index is 1.88. The number of benzene rings is 2. The Labute approximate surface area is 161 Å². The molecule has 2 aromatic carbocycles. The van der Waals surface area contributed by atoms with Gasteiger partial charge in [0.1, 0.15) is 11.5 Å². The van der Waals surface area contributed by atoms with Gasteiger partial charge in [0.05, 0.1) is 14.2 Å². The van der Waals surface area contributed by atoms with E-state index in [1.54, 1.807) is 18.2 Å². The second-order valence-corrected chi connectivity index (χ2v) is 5.97. The van der Waals surface area contributed by atoms with Crippen molar-refractivity contribution in [3.8, 4) is 11.5 Å². The van der Waals surface area contributed by atoms with Gasteiger partial charge < -0.3 is 19.5 Å². The van der Waals surface area contributed by atoms with E-state index in [4.69, 9.17) is 14.2 Å². The van der Waals surface area contributed by atoms with Crippen molar-refractivity contribution >= 4 is 17.6 Å². The third-order valence-electron chi connectivity index (χ3n) is 3.89. The average Bonchev–Trinajstić information content (AvgIpc) is 2.68. The number of nitrogens with one attached hydrogen (secondary N) is 1. The van der Waals surface area contributed by atoms with Gasteiger partial charge in [-0.15, -0.1) is 0 Å². The number of anilines is 1. The van der Waals surface area contributed by atoms with Gasteiger partial charge in [-0.2, -0.15) is 0 Å². The van der Waals surface area contributed by atoms with Crippen LogP contribution >= 0.6 is 0 Å². The third kappa shape index (κ3) is 5.94. The van der Waals surface area contributed by atoms with Crippen LogP contribution in [0.4, 0.5) is 14.5 Å². The predicted octanol–water partition coefficient (Wildman–Crippen LogP) is 3.49. The van der Waals surface area contributed by atoms with Crippen LogP contribution in [0, 0.1) is 11.6 Å². The summed E-state index contributed by atoms with van der Waals surface area (Å²) in [5, 5.41) is 2.36. The lowest BCUT2D eigenvalue weighted by Gasteiger charge is -2.14. The minimum atomic E-state index is -1.10. The molecule has 1 N–H and O–H groups in total. The first-order chi connectivity index (χ1) is 13.3. The SMILES string of the molecule is COc1cc(CCC(=O)O[C@@H](C)C(=O)Nc2ccc(F)c(F)c2)cc(OC)c1. The molecule has 1 amide bonds. The van der Waals surface area contributed by atoms with Gasteiger partial charge in [0.15, 0.2) is 17.7 Å². The molecule has 1 atom stereocenters. The molecule has 2 aromatic rings. The standard InChI is InChI=1S/C20H21F2NO5/c1-12(20(25)23-14-5-6-17(21)18(22)10-14)28-19(24)7-4-13-8-15(26-2)11-16(9-13)27-3/h5-6,8-12H,4,7H2,1-3H3,(H,23,25)/t12-/m0/s1. The van der Waals surface area contributed by atoms with Crippen molar-refractivity contribution < 1.29 is 32.6 Å². The van der Waals surface area contributed by atoms with Gasteiger partial charge in [-0.1, -0.05) is 0 Å². The van der Waals surface area contributed by atoms with E-state index in [-0.39, 0.29) is 12.1 Å². The van der Waals surface area contributed by atoms with Gasteiger partial charge >= 0.3 is 5.97 Å². The first-order valence-corrected chi connectivity index (χ1v) is 8.49. The van der Waals surface area contributed by atoms with Crippen molar-refractivity contribution in [2.45, 2.75) is 25.9 Å². The molecule has 0 aliphatic heterocycles. The Kier molecular flexibility index (Phi) is 7.31. The van der Waals surface area contributed by atoms with E-state index in [1.165, 1.54) is 27.2 Å². The van der Waals surface area contributed by atoms with Gasteiger partial charge in [-0.3, -0.25) is 9.59 Å². The maximum atomic E-state index is 13.2. The molecule has 28 heavy (non-hydrogen) atoms. The smallest absolute Gasteiger partial charge is 0.306 e. The molecule has 150 valence electrons. The molecule has 0 aliphatic rings. The Hall–Kier alpha value is -3.16. The van der Waals surface area contributed by atoms with Gasteiger partial charge in [-0.05, 0) is 43.2 Å². The van der Waals surface area contributed by atoms with E-state index < -0.39 is 29.6 Å². The van der Waals surface area contributed by atoms with Crippen molar-refractivity contribution in [1.82, 2.24) is 0 Å². The highest BCUT2D eigenvalue weighted by Crippen LogP contribution is 2.23. The van der Waals surface area contributed by atoms with Crippen LogP contribution in [0.2, 0.25) is 0 Å². The molecular weight excluding hydrogens is 372 g/mol. The summed E-state index contributed by atoms with van der Waals surface area (Å²) >= 11 is 0. The van der Waals surface area contributed by atoms with Gasteiger partial charge in [-0.25, -0.2) is 8.78 Å². The molecule has 0 aromatic heterocycles. The molecule has 0 bridgehead atoms. The number of hydrogen-bond acceptors (Lipinski definition) is 5. The van der Waals surface area contributed by atoms with Crippen LogP contribution in [0.25, 0.3) is 0 Å². The zero-order valence-corrected chi connectivity index (χ0v) is 15.8. The van der Waals surface area contributed by atoms with Crippen LogP contribution in [0.1, 0.15) is 18.9 Å². The quantitative estimate of drug-likeness (QED) is 0.695. The minimum Gasteiger partial charge on any atom is -0.497 e. The fourth-order valence-electron chi connectivity index (χ4n) is 2.38. The molecule has 0 aliphatic carbocycles. The highest BCUT2D eigenvalue weighted by molar-refractivity contribution is 5.95. The maximum Gasteiger partial charge on any atom is 0.306 e. The van der Waals surface area contributed by atoms with E-state index in [9.17, 15) is 18.4 Å². The molecule has 6 nitrogen and oxygen atoms in total. The Morgan fingerprint density at radius 3 is 2.21 bits per heavy atom. The number of methoxy groups -OCH3 is 2. The van der Waals surface area contributed by atoms with Crippen LogP contribution in [0.3, 0.4) is 0 Å². The number of carbonyl (C=O) groups is 2. The van der Waals surface area contributed by atoms with Crippen LogP contribution in [-0.4, -0.2) is 32.2 Å². The monoisotopic (exact) mass is 393 g/mol. The Morgan fingerprint density at radius 1 is 1.00 bits per heavy atom. The number of esters is 1. The van der Waals surface area contributed by atoms with Crippen LogP contribution in [0.5, 0.6) is 11.5 Å². The minimum absolute atomic E-state index is 0.0408. The molecular formula is C20H21F2NO5. The van der Waals surface area contributed by atoms with Crippen molar-refractivity contribution in [2.24, 2.45) is 0 Å². The van der Waals surface area contributed by atoms with Crippen molar-refractivity contribution in [1.29, 1.82) is 0 Å². The molecule has 0 unspecified atom stereocenters. The number of rotatable bonds is 8. The van der Waals surface area contributed by atoms with E-state index in [1.807, 2.05) is 0 Å². The average molecular weight is 393 g/mol. The molecule has 8 heteroatoms. The summed E-state index contributed by atoms with van der Waals surface area (Å²) in [5.41, 5.74) is 0.877. The molecule has 0 heterocycles. The lowest BCUT2D eigenvalue weighted by atomic mass is 10.1. The van der Waals surface area contributed by atoms with Crippen LogP contribution in [-0.2, 0) is 20.7 Å². The third-order valence-corrected chi connectivity index (χ3v) is 3.89. The van der Waals surface area contributed by atoms with Crippen molar-refractivity contribution in [3.63, 3.8) is 0 Å². The summed E-state index contributed by atoms with van der Waals surface area (Å²) < 4.78 is 41.5. The number of halogens is 2. The first kappa shape index (κ1) is 21.1. The summed E-state index contributed by atoms with van der Waals surface area (Å²) in [5.74, 6) is -2.14. The number of amides is 1. The lowest BCUT2D eigenvalue weighted by Crippen LogP contribution is -2.30. The molecule has 0 radical (unpaired) electrons. The maximum absolute atomic E-state index is 13.2. The van der Waals surface area contributed by atoms with E-state index in [2.05, 4.69) is 5.32 Å². The molecule has 0 spiro atoms. The summed E-state index contributed by atoms with van der Waals surface area (Å²) in [6.45, 7) is 1.39. The van der Waals surface area contributed by atoms with Crippen LogP contribution in [0.15, 0.2) is 36.4 Å². The lowest BCUT2D eigenvalue weighted by molar-refractivity contribution is -0.153.